The summed E-state index contributed by atoms with van der Waals surface area (Å²) in [6.45, 7) is 7.81. The van der Waals surface area contributed by atoms with Crippen LogP contribution in [0.3, 0.4) is 0 Å². The highest BCUT2D eigenvalue weighted by Gasteiger charge is 2.22. The molecule has 0 spiro atoms. The van der Waals surface area contributed by atoms with Crippen molar-refractivity contribution >= 4 is 29.9 Å². The smallest absolute Gasteiger partial charge is 0.188 e. The largest absolute Gasteiger partial charge is 0.382 e. The lowest BCUT2D eigenvalue weighted by molar-refractivity contribution is 0.0733. The third-order valence-electron chi connectivity index (χ3n) is 3.36. The molecule has 0 aromatic rings. The molecule has 1 saturated heterocycles. The highest BCUT2D eigenvalue weighted by molar-refractivity contribution is 14.0. The molecule has 1 rings (SSSR count). The zero-order valence-corrected chi connectivity index (χ0v) is 15.0. The summed E-state index contributed by atoms with van der Waals surface area (Å²) in [5.41, 5.74) is 5.82. The summed E-state index contributed by atoms with van der Waals surface area (Å²) in [5.74, 6) is 0.512. The highest BCUT2D eigenvalue weighted by Crippen LogP contribution is 2.16. The van der Waals surface area contributed by atoms with Crippen LogP contribution < -0.4 is 11.1 Å². The van der Waals surface area contributed by atoms with Crippen LogP contribution in [0.15, 0.2) is 4.99 Å². The third-order valence-corrected chi connectivity index (χ3v) is 3.36. The summed E-state index contributed by atoms with van der Waals surface area (Å²) in [6.07, 6.45) is 2.50. The van der Waals surface area contributed by atoms with Gasteiger partial charge in [-0.3, -0.25) is 9.89 Å². The minimum Gasteiger partial charge on any atom is -0.382 e. The summed E-state index contributed by atoms with van der Waals surface area (Å²) in [4.78, 5) is 6.86. The predicted molar refractivity (Wildman–Crippen MR) is 92.9 cm³/mol. The lowest BCUT2D eigenvalue weighted by Crippen LogP contribution is -2.37. The van der Waals surface area contributed by atoms with E-state index in [2.05, 4.69) is 22.1 Å². The van der Waals surface area contributed by atoms with Crippen LogP contribution in [-0.2, 0) is 9.47 Å². The Morgan fingerprint density at radius 2 is 2.20 bits per heavy atom. The number of methoxy groups -OCH3 is 1. The van der Waals surface area contributed by atoms with E-state index >= 15 is 0 Å². The van der Waals surface area contributed by atoms with Gasteiger partial charge in [-0.15, -0.1) is 24.0 Å². The summed E-state index contributed by atoms with van der Waals surface area (Å²) >= 11 is 0. The van der Waals surface area contributed by atoms with Crippen LogP contribution in [-0.4, -0.2) is 70.0 Å². The Bertz CT molecular complexity index is 267. The third kappa shape index (κ3) is 8.23. The van der Waals surface area contributed by atoms with Crippen molar-refractivity contribution in [2.24, 2.45) is 10.7 Å². The predicted octanol–water partition coefficient (Wildman–Crippen LogP) is 0.656. The molecule has 7 heteroatoms. The first-order chi connectivity index (χ1) is 9.27. The van der Waals surface area contributed by atoms with Crippen molar-refractivity contribution in [2.75, 3.05) is 53.1 Å². The van der Waals surface area contributed by atoms with Crippen LogP contribution in [0.5, 0.6) is 0 Å². The lowest BCUT2D eigenvalue weighted by atomic mass is 10.2. The molecule has 20 heavy (non-hydrogen) atoms. The van der Waals surface area contributed by atoms with E-state index in [0.717, 1.165) is 13.1 Å². The quantitative estimate of drug-likeness (QED) is 0.258. The normalized spacial score (nSPS) is 19.9. The van der Waals surface area contributed by atoms with Crippen molar-refractivity contribution in [3.63, 3.8) is 0 Å². The molecule has 0 aromatic heterocycles. The van der Waals surface area contributed by atoms with Crippen molar-refractivity contribution in [1.29, 1.82) is 0 Å². The van der Waals surface area contributed by atoms with Gasteiger partial charge in [0.05, 0.1) is 26.4 Å². The Labute approximate surface area is 139 Å². The molecule has 6 nitrogen and oxygen atoms in total. The number of aliphatic imine (C=N–C) groups is 1. The van der Waals surface area contributed by atoms with Crippen molar-refractivity contribution < 1.29 is 9.47 Å². The van der Waals surface area contributed by atoms with Crippen LogP contribution in [0, 0.1) is 0 Å². The van der Waals surface area contributed by atoms with E-state index < -0.39 is 0 Å². The van der Waals surface area contributed by atoms with Crippen LogP contribution in [0.25, 0.3) is 0 Å². The van der Waals surface area contributed by atoms with Gasteiger partial charge in [0.1, 0.15) is 0 Å². The van der Waals surface area contributed by atoms with E-state index in [4.69, 9.17) is 15.2 Å². The molecule has 0 aliphatic carbocycles. The van der Waals surface area contributed by atoms with Gasteiger partial charge in [-0.1, -0.05) is 6.92 Å². The topological polar surface area (TPSA) is 72.1 Å². The van der Waals surface area contributed by atoms with E-state index in [1.54, 1.807) is 7.11 Å². The Morgan fingerprint density at radius 1 is 1.40 bits per heavy atom. The number of nitrogens with two attached hydrogens (primary N) is 1. The molecule has 3 N–H and O–H groups in total. The van der Waals surface area contributed by atoms with Crippen molar-refractivity contribution in [1.82, 2.24) is 10.2 Å². The number of halogens is 1. The maximum atomic E-state index is 5.82. The SMILES string of the molecule is CCN1CCCC1CN=C(N)NCCOCCOC.I. The van der Waals surface area contributed by atoms with Crippen LogP contribution in [0.2, 0.25) is 0 Å². The molecule has 0 amide bonds. The summed E-state index contributed by atoms with van der Waals surface area (Å²) in [7, 11) is 1.66. The van der Waals surface area contributed by atoms with Crippen LogP contribution >= 0.6 is 24.0 Å². The van der Waals surface area contributed by atoms with Gasteiger partial charge >= 0.3 is 0 Å². The van der Waals surface area contributed by atoms with Crippen LogP contribution in [0.4, 0.5) is 0 Å². The number of ether oxygens (including phenoxy) is 2. The summed E-state index contributed by atoms with van der Waals surface area (Å²) in [5, 5.41) is 3.06. The molecule has 1 aliphatic rings. The van der Waals surface area contributed by atoms with Gasteiger partial charge in [-0.05, 0) is 25.9 Å². The number of guanidine groups is 1. The first-order valence-corrected chi connectivity index (χ1v) is 7.12. The number of rotatable bonds is 9. The fourth-order valence-corrected chi connectivity index (χ4v) is 2.27. The standard InChI is InChI=1S/C13H28N4O2.HI/c1-3-17-7-4-5-12(17)11-16-13(14)15-6-8-19-10-9-18-2;/h12H,3-11H2,1-2H3,(H3,14,15,16);1H. The van der Waals surface area contributed by atoms with Crippen molar-refractivity contribution in [3.05, 3.63) is 0 Å². The fraction of sp³-hybridized carbons (Fsp3) is 0.923. The van der Waals surface area contributed by atoms with E-state index in [-0.39, 0.29) is 24.0 Å². The number of hydrogen-bond acceptors (Lipinski definition) is 4. The van der Waals surface area contributed by atoms with Crippen molar-refractivity contribution in [2.45, 2.75) is 25.8 Å². The van der Waals surface area contributed by atoms with Gasteiger partial charge in [-0.25, -0.2) is 0 Å². The van der Waals surface area contributed by atoms with Crippen molar-refractivity contribution in [3.8, 4) is 0 Å². The molecule has 0 aromatic carbocycles. The average Bonchev–Trinajstić information content (AvgIpc) is 2.88. The molecule has 1 unspecified atom stereocenters. The van der Waals surface area contributed by atoms with E-state index in [9.17, 15) is 0 Å². The van der Waals surface area contributed by atoms with E-state index in [0.29, 0.717) is 38.4 Å². The van der Waals surface area contributed by atoms with Gasteiger partial charge < -0.3 is 20.5 Å². The Morgan fingerprint density at radius 3 is 2.90 bits per heavy atom. The first-order valence-electron chi connectivity index (χ1n) is 7.12. The van der Waals surface area contributed by atoms with Gasteiger partial charge in [0, 0.05) is 19.7 Å². The number of likely N-dealkylation sites (tertiary alicyclic amines) is 1. The Balaban J connectivity index is 0.00000361. The summed E-state index contributed by atoms with van der Waals surface area (Å²) in [6, 6.07) is 0.559. The first kappa shape index (κ1) is 19.9. The molecule has 1 aliphatic heterocycles. The monoisotopic (exact) mass is 400 g/mol. The molecule has 0 radical (unpaired) electrons. The van der Waals surface area contributed by atoms with Gasteiger partial charge in [0.2, 0.25) is 0 Å². The second-order valence-electron chi connectivity index (χ2n) is 4.68. The highest BCUT2D eigenvalue weighted by atomic mass is 127. The maximum Gasteiger partial charge on any atom is 0.188 e. The number of hydrogen-bond donors (Lipinski definition) is 2. The molecule has 0 bridgehead atoms. The molecule has 0 saturated carbocycles. The Hall–Kier alpha value is -0.120. The lowest BCUT2D eigenvalue weighted by Gasteiger charge is -2.20. The molecule has 1 atom stereocenters. The van der Waals surface area contributed by atoms with Gasteiger partial charge in [-0.2, -0.15) is 0 Å². The molecular weight excluding hydrogens is 371 g/mol. The fourth-order valence-electron chi connectivity index (χ4n) is 2.27. The minimum atomic E-state index is 0. The second kappa shape index (κ2) is 12.6. The zero-order chi connectivity index (χ0) is 13.9. The molecule has 120 valence electrons. The van der Waals surface area contributed by atoms with E-state index in [1.807, 2.05) is 0 Å². The number of nitrogens with zero attached hydrogens (tertiary/aromatic N) is 2. The number of nitrogens with one attached hydrogen (secondary N) is 1. The molecule has 1 heterocycles. The second-order valence-corrected chi connectivity index (χ2v) is 4.68. The van der Waals surface area contributed by atoms with E-state index in [1.165, 1.54) is 19.4 Å². The maximum absolute atomic E-state index is 5.82. The summed E-state index contributed by atoms with van der Waals surface area (Å²) < 4.78 is 10.2. The van der Waals surface area contributed by atoms with Gasteiger partial charge in [0.15, 0.2) is 5.96 Å². The number of likely N-dealkylation sites (N-methyl/N-ethyl adjacent to an activating group) is 1. The minimum absolute atomic E-state index is 0. The molecule has 1 fully saturated rings. The molecular formula is C13H29IN4O2. The Kier molecular flexibility index (Phi) is 12.5. The zero-order valence-electron chi connectivity index (χ0n) is 12.6. The van der Waals surface area contributed by atoms with Gasteiger partial charge in [0.25, 0.3) is 0 Å². The average molecular weight is 400 g/mol. The van der Waals surface area contributed by atoms with Crippen LogP contribution in [0.1, 0.15) is 19.8 Å².